The third-order valence-corrected chi connectivity index (χ3v) is 6.78. The standard InChI is InChI=1S/C17H21N3O3S2/c1-3-19-14-10-20(9-12-6-4-11(2)5-7-12)17(21)16-13(14)8-15(24-16)25(18,22)23/h4-8,14,19H,3,9-10H2,1-2H3,(H2,18,22,23). The summed E-state index contributed by atoms with van der Waals surface area (Å²) in [6.07, 6.45) is 0. The molecule has 1 aliphatic rings. The predicted molar refractivity (Wildman–Crippen MR) is 98.0 cm³/mol. The van der Waals surface area contributed by atoms with E-state index in [0.717, 1.165) is 34.6 Å². The van der Waals surface area contributed by atoms with Crippen LogP contribution in [0, 0.1) is 6.92 Å². The normalized spacial score (nSPS) is 17.6. The molecule has 3 rings (SSSR count). The van der Waals surface area contributed by atoms with Gasteiger partial charge in [0, 0.05) is 13.1 Å². The molecule has 0 bridgehead atoms. The highest BCUT2D eigenvalue weighted by molar-refractivity contribution is 7.91. The first kappa shape index (κ1) is 18.1. The first-order valence-electron chi connectivity index (χ1n) is 8.04. The minimum atomic E-state index is -3.82. The summed E-state index contributed by atoms with van der Waals surface area (Å²) in [5.74, 6) is -0.148. The number of nitrogens with one attached hydrogen (secondary N) is 1. The molecule has 1 amide bonds. The molecule has 0 radical (unpaired) electrons. The van der Waals surface area contributed by atoms with Crippen LogP contribution >= 0.6 is 11.3 Å². The number of hydrogen-bond donors (Lipinski definition) is 2. The Morgan fingerprint density at radius 3 is 2.60 bits per heavy atom. The van der Waals surface area contributed by atoms with Gasteiger partial charge in [0.1, 0.15) is 4.21 Å². The quantitative estimate of drug-likeness (QED) is 0.831. The van der Waals surface area contributed by atoms with E-state index in [1.807, 2.05) is 38.1 Å². The third kappa shape index (κ3) is 3.77. The predicted octanol–water partition coefficient (Wildman–Crippen LogP) is 2.01. The minimum absolute atomic E-state index is 0.0333. The second kappa shape index (κ2) is 6.87. The molecule has 2 aromatic rings. The maximum Gasteiger partial charge on any atom is 0.264 e. The van der Waals surface area contributed by atoms with Crippen LogP contribution in [-0.2, 0) is 16.6 Å². The van der Waals surface area contributed by atoms with Crippen molar-refractivity contribution in [3.05, 3.63) is 51.9 Å². The number of benzene rings is 1. The molecule has 1 aromatic carbocycles. The van der Waals surface area contributed by atoms with E-state index in [2.05, 4.69) is 5.32 Å². The molecule has 6 nitrogen and oxygen atoms in total. The molecule has 1 aromatic heterocycles. The fourth-order valence-corrected chi connectivity index (χ4v) is 4.89. The van der Waals surface area contributed by atoms with Gasteiger partial charge < -0.3 is 10.2 Å². The summed E-state index contributed by atoms with van der Waals surface area (Å²) in [5, 5.41) is 8.57. The highest BCUT2D eigenvalue weighted by Gasteiger charge is 2.34. The molecule has 1 atom stereocenters. The van der Waals surface area contributed by atoms with Crippen LogP contribution in [0.25, 0.3) is 0 Å². The molecule has 3 N–H and O–H groups in total. The number of sulfonamides is 1. The van der Waals surface area contributed by atoms with Gasteiger partial charge in [-0.15, -0.1) is 11.3 Å². The molecule has 0 saturated carbocycles. The Bertz CT molecular complexity index is 888. The monoisotopic (exact) mass is 379 g/mol. The summed E-state index contributed by atoms with van der Waals surface area (Å²) >= 11 is 0.953. The number of fused-ring (bicyclic) bond motifs is 1. The van der Waals surface area contributed by atoms with Crippen LogP contribution in [0.3, 0.4) is 0 Å². The van der Waals surface area contributed by atoms with Gasteiger partial charge in [-0.05, 0) is 30.7 Å². The highest BCUT2D eigenvalue weighted by atomic mass is 32.2. The summed E-state index contributed by atoms with van der Waals surface area (Å²) in [6, 6.07) is 9.47. The van der Waals surface area contributed by atoms with Crippen LogP contribution in [0.4, 0.5) is 0 Å². The minimum Gasteiger partial charge on any atom is -0.332 e. The van der Waals surface area contributed by atoms with Crippen molar-refractivity contribution < 1.29 is 13.2 Å². The fraction of sp³-hybridized carbons (Fsp3) is 0.353. The number of thiophene rings is 1. The van der Waals surface area contributed by atoms with Crippen molar-refractivity contribution in [2.75, 3.05) is 13.1 Å². The second-order valence-corrected chi connectivity index (χ2v) is 9.02. The van der Waals surface area contributed by atoms with E-state index in [1.165, 1.54) is 6.07 Å². The number of primary sulfonamides is 1. The van der Waals surface area contributed by atoms with Crippen molar-refractivity contribution in [3.8, 4) is 0 Å². The first-order valence-corrected chi connectivity index (χ1v) is 10.4. The molecule has 1 aliphatic heterocycles. The van der Waals surface area contributed by atoms with Gasteiger partial charge >= 0.3 is 0 Å². The van der Waals surface area contributed by atoms with Gasteiger partial charge in [0.2, 0.25) is 10.0 Å². The fourth-order valence-electron chi connectivity index (χ4n) is 2.96. The van der Waals surface area contributed by atoms with Crippen LogP contribution in [-0.4, -0.2) is 32.3 Å². The van der Waals surface area contributed by atoms with Gasteiger partial charge in [0.25, 0.3) is 5.91 Å². The van der Waals surface area contributed by atoms with Gasteiger partial charge in [-0.25, -0.2) is 13.6 Å². The van der Waals surface area contributed by atoms with Crippen molar-refractivity contribution in [3.63, 3.8) is 0 Å². The van der Waals surface area contributed by atoms with E-state index in [-0.39, 0.29) is 16.2 Å². The maximum atomic E-state index is 12.9. The number of aryl methyl sites for hydroxylation is 1. The summed E-state index contributed by atoms with van der Waals surface area (Å²) in [5.41, 5.74) is 2.93. The Hall–Kier alpha value is -1.74. The molecule has 0 fully saturated rings. The topological polar surface area (TPSA) is 92.5 Å². The Balaban J connectivity index is 1.94. The van der Waals surface area contributed by atoms with Crippen molar-refractivity contribution in [1.82, 2.24) is 10.2 Å². The number of rotatable bonds is 5. The van der Waals surface area contributed by atoms with Crippen molar-refractivity contribution in [2.45, 2.75) is 30.6 Å². The van der Waals surface area contributed by atoms with E-state index >= 15 is 0 Å². The number of nitrogens with two attached hydrogens (primary N) is 1. The molecule has 0 aliphatic carbocycles. The van der Waals surface area contributed by atoms with Crippen LogP contribution in [0.5, 0.6) is 0 Å². The Kier molecular flexibility index (Phi) is 4.97. The van der Waals surface area contributed by atoms with Crippen molar-refractivity contribution in [1.29, 1.82) is 0 Å². The lowest BCUT2D eigenvalue weighted by molar-refractivity contribution is 0.0704. The van der Waals surface area contributed by atoms with Crippen LogP contribution in [0.1, 0.15) is 39.3 Å². The average Bonchev–Trinajstić information content (AvgIpc) is 3.00. The lowest BCUT2D eigenvalue weighted by atomic mass is 10.0. The smallest absolute Gasteiger partial charge is 0.264 e. The Morgan fingerprint density at radius 1 is 1.32 bits per heavy atom. The van der Waals surface area contributed by atoms with Gasteiger partial charge in [0.05, 0.1) is 10.9 Å². The Morgan fingerprint density at radius 2 is 2.00 bits per heavy atom. The van der Waals surface area contributed by atoms with Gasteiger partial charge in [-0.2, -0.15) is 0 Å². The average molecular weight is 380 g/mol. The highest BCUT2D eigenvalue weighted by Crippen LogP contribution is 2.35. The second-order valence-electron chi connectivity index (χ2n) is 6.18. The maximum absolute atomic E-state index is 12.9. The number of hydrogen-bond acceptors (Lipinski definition) is 5. The molecule has 134 valence electrons. The largest absolute Gasteiger partial charge is 0.332 e. The van der Waals surface area contributed by atoms with Crippen molar-refractivity contribution in [2.24, 2.45) is 5.14 Å². The summed E-state index contributed by atoms with van der Waals surface area (Å²) in [6.45, 7) is 5.70. The van der Waals surface area contributed by atoms with E-state index in [4.69, 9.17) is 5.14 Å². The zero-order valence-corrected chi connectivity index (χ0v) is 15.8. The molecule has 1 unspecified atom stereocenters. The SMILES string of the molecule is CCNC1CN(Cc2ccc(C)cc2)C(=O)c2sc(S(N)(=O)=O)cc21. The molecule has 0 saturated heterocycles. The van der Waals surface area contributed by atoms with E-state index in [9.17, 15) is 13.2 Å². The van der Waals surface area contributed by atoms with E-state index in [0.29, 0.717) is 18.0 Å². The lowest BCUT2D eigenvalue weighted by Gasteiger charge is -2.33. The Labute approximate surface area is 151 Å². The molecule has 8 heteroatoms. The van der Waals surface area contributed by atoms with Gasteiger partial charge in [-0.1, -0.05) is 36.8 Å². The number of carbonyl (C=O) groups is 1. The number of nitrogens with zero attached hydrogens (tertiary/aromatic N) is 1. The zero-order valence-electron chi connectivity index (χ0n) is 14.2. The van der Waals surface area contributed by atoms with E-state index in [1.54, 1.807) is 4.90 Å². The molecule has 0 spiro atoms. The number of carbonyl (C=O) groups excluding carboxylic acids is 1. The van der Waals surface area contributed by atoms with Crippen LogP contribution in [0.2, 0.25) is 0 Å². The van der Waals surface area contributed by atoms with Crippen LogP contribution < -0.4 is 10.5 Å². The summed E-state index contributed by atoms with van der Waals surface area (Å²) < 4.78 is 23.4. The number of amides is 1. The third-order valence-electron chi connectivity index (χ3n) is 4.22. The van der Waals surface area contributed by atoms with Crippen LogP contribution in [0.15, 0.2) is 34.5 Å². The molecule has 25 heavy (non-hydrogen) atoms. The summed E-state index contributed by atoms with van der Waals surface area (Å²) in [7, 11) is -3.82. The van der Waals surface area contributed by atoms with Gasteiger partial charge in [-0.3, -0.25) is 4.79 Å². The van der Waals surface area contributed by atoms with Gasteiger partial charge in [0.15, 0.2) is 0 Å². The summed E-state index contributed by atoms with van der Waals surface area (Å²) in [4.78, 5) is 15.1. The zero-order chi connectivity index (χ0) is 18.2. The first-order chi connectivity index (χ1) is 11.8. The van der Waals surface area contributed by atoms with Crippen molar-refractivity contribution >= 4 is 27.3 Å². The molecular weight excluding hydrogens is 358 g/mol. The molecular formula is C17H21N3O3S2. The van der Waals surface area contributed by atoms with E-state index < -0.39 is 10.0 Å². The lowest BCUT2D eigenvalue weighted by Crippen LogP contribution is -2.43. The molecule has 2 heterocycles. The number of likely N-dealkylation sites (N-methyl/N-ethyl adjacent to an activating group) is 1.